The Morgan fingerprint density at radius 1 is 0.774 bits per heavy atom. The first-order chi connectivity index (χ1) is 15.2. The van der Waals surface area contributed by atoms with Crippen molar-refractivity contribution in [1.82, 2.24) is 50.5 Å². The number of aromatic amines is 2. The summed E-state index contributed by atoms with van der Waals surface area (Å²) in [7, 11) is 3.88. The van der Waals surface area contributed by atoms with E-state index in [1.807, 2.05) is 14.1 Å². The molecule has 4 rings (SSSR count). The lowest BCUT2D eigenvalue weighted by atomic mass is 10.4. The van der Waals surface area contributed by atoms with Gasteiger partial charge in [-0.05, 0) is 56.0 Å². The molecule has 13 heteroatoms. The van der Waals surface area contributed by atoms with Gasteiger partial charge in [-0.2, -0.15) is 0 Å². The zero-order valence-corrected chi connectivity index (χ0v) is 19.1. The minimum absolute atomic E-state index is 0.665. The smallest absolute Gasteiger partial charge is 0.183 e. The van der Waals surface area contributed by atoms with Crippen LogP contribution in [0.15, 0.2) is 23.7 Å². The summed E-state index contributed by atoms with van der Waals surface area (Å²) >= 11 is 3.28. The van der Waals surface area contributed by atoms with Crippen LogP contribution in [0.2, 0.25) is 0 Å². The third-order valence-corrected chi connectivity index (χ3v) is 4.65. The first-order valence-electron chi connectivity index (χ1n) is 10.00. The molecule has 166 valence electrons. The van der Waals surface area contributed by atoms with Crippen LogP contribution >= 0.6 is 15.9 Å². The Balaban J connectivity index is 0.000000176. The summed E-state index contributed by atoms with van der Waals surface area (Å²) in [4.78, 5) is 30.8. The van der Waals surface area contributed by atoms with Crippen molar-refractivity contribution in [3.05, 3.63) is 23.7 Å². The molecule has 4 heterocycles. The normalized spacial score (nSPS) is 10.8. The Bertz CT molecular complexity index is 1060. The van der Waals surface area contributed by atoms with E-state index in [0.717, 1.165) is 61.7 Å². The van der Waals surface area contributed by atoms with E-state index in [9.17, 15) is 0 Å². The van der Waals surface area contributed by atoms with Crippen molar-refractivity contribution >= 4 is 49.9 Å². The van der Waals surface area contributed by atoms with E-state index in [1.165, 1.54) is 12.7 Å². The number of H-pyrrole nitrogens is 2. The molecule has 0 saturated heterocycles. The van der Waals surface area contributed by atoms with Gasteiger partial charge in [-0.1, -0.05) is 0 Å². The summed E-state index contributed by atoms with van der Waals surface area (Å²) in [5.74, 6) is 1.60. The number of hydrogen-bond acceptors (Lipinski definition) is 10. The summed E-state index contributed by atoms with van der Waals surface area (Å²) in [5, 5.41) is 12.7. The maximum absolute atomic E-state index is 4.18. The molecule has 0 aliphatic carbocycles. The fourth-order valence-corrected chi connectivity index (χ4v) is 3.14. The maximum atomic E-state index is 4.18. The third kappa shape index (κ3) is 6.54. The molecule has 0 bridgehead atoms. The van der Waals surface area contributed by atoms with Gasteiger partial charge in [0.1, 0.15) is 23.7 Å². The molecule has 0 spiro atoms. The minimum Gasteiger partial charge on any atom is -0.368 e. The number of halogens is 1. The Morgan fingerprint density at radius 3 is 2.03 bits per heavy atom. The second-order valence-electron chi connectivity index (χ2n) is 6.54. The Labute approximate surface area is 188 Å². The van der Waals surface area contributed by atoms with Crippen LogP contribution in [0, 0.1) is 0 Å². The van der Waals surface area contributed by atoms with Crippen molar-refractivity contribution in [2.75, 3.05) is 50.9 Å². The van der Waals surface area contributed by atoms with Gasteiger partial charge >= 0.3 is 0 Å². The first-order valence-corrected chi connectivity index (χ1v) is 10.8. The van der Waals surface area contributed by atoms with Gasteiger partial charge in [0.15, 0.2) is 27.7 Å². The molecular weight excluding hydrogens is 464 g/mol. The summed E-state index contributed by atoms with van der Waals surface area (Å²) in [6.45, 7) is 3.72. The Hall–Kier alpha value is -2.90. The second kappa shape index (κ2) is 12.1. The molecule has 0 fully saturated rings. The average Bonchev–Trinajstić information content (AvgIpc) is 3.41. The van der Waals surface area contributed by atoms with Gasteiger partial charge in [-0.15, -0.1) is 0 Å². The lowest BCUT2D eigenvalue weighted by molar-refractivity contribution is 0.747. The van der Waals surface area contributed by atoms with Gasteiger partial charge in [0.2, 0.25) is 0 Å². The highest BCUT2D eigenvalue weighted by Crippen LogP contribution is 2.18. The van der Waals surface area contributed by atoms with Crippen molar-refractivity contribution in [3.63, 3.8) is 0 Å². The number of imidazole rings is 2. The van der Waals surface area contributed by atoms with Gasteiger partial charge in [0.05, 0.1) is 6.33 Å². The van der Waals surface area contributed by atoms with Crippen LogP contribution in [0.5, 0.6) is 0 Å². The van der Waals surface area contributed by atoms with E-state index in [-0.39, 0.29) is 0 Å². The first kappa shape index (κ1) is 22.8. The quantitative estimate of drug-likeness (QED) is 0.142. The van der Waals surface area contributed by atoms with Crippen LogP contribution in [-0.2, 0) is 0 Å². The monoisotopic (exact) mass is 490 g/mol. The fourth-order valence-electron chi connectivity index (χ4n) is 2.78. The lowest BCUT2D eigenvalue weighted by Crippen LogP contribution is -2.13. The van der Waals surface area contributed by atoms with Crippen LogP contribution in [0.3, 0.4) is 0 Å². The maximum Gasteiger partial charge on any atom is 0.183 e. The van der Waals surface area contributed by atoms with E-state index < -0.39 is 0 Å². The summed E-state index contributed by atoms with van der Waals surface area (Å²) < 4.78 is 0.668. The number of anilines is 2. The van der Waals surface area contributed by atoms with Gasteiger partial charge in [-0.25, -0.2) is 29.9 Å². The Morgan fingerprint density at radius 2 is 1.39 bits per heavy atom. The van der Waals surface area contributed by atoms with Crippen molar-refractivity contribution < 1.29 is 0 Å². The van der Waals surface area contributed by atoms with E-state index in [1.54, 1.807) is 6.33 Å². The Kier molecular flexibility index (Phi) is 8.87. The predicted molar refractivity (Wildman–Crippen MR) is 125 cm³/mol. The van der Waals surface area contributed by atoms with E-state index >= 15 is 0 Å². The molecule has 4 aromatic rings. The molecule has 0 aliphatic rings. The van der Waals surface area contributed by atoms with E-state index in [2.05, 4.69) is 77.1 Å². The number of nitrogens with one attached hydrogen (secondary N) is 6. The average molecular weight is 491 g/mol. The molecule has 0 amide bonds. The highest BCUT2D eigenvalue weighted by Gasteiger charge is 2.07. The molecule has 4 aromatic heterocycles. The van der Waals surface area contributed by atoms with Gasteiger partial charge in [0.25, 0.3) is 0 Å². The van der Waals surface area contributed by atoms with Gasteiger partial charge < -0.3 is 31.2 Å². The molecule has 12 nitrogen and oxygen atoms in total. The molecule has 0 unspecified atom stereocenters. The van der Waals surface area contributed by atoms with E-state index in [0.29, 0.717) is 16.0 Å². The van der Waals surface area contributed by atoms with Crippen molar-refractivity contribution in [1.29, 1.82) is 0 Å². The van der Waals surface area contributed by atoms with Crippen molar-refractivity contribution in [2.24, 2.45) is 0 Å². The molecule has 6 N–H and O–H groups in total. The van der Waals surface area contributed by atoms with Gasteiger partial charge in [-0.3, -0.25) is 0 Å². The predicted octanol–water partition coefficient (Wildman–Crippen LogP) is 1.51. The minimum atomic E-state index is 0.665. The van der Waals surface area contributed by atoms with Crippen LogP contribution in [0.4, 0.5) is 11.6 Å². The lowest BCUT2D eigenvalue weighted by Gasteiger charge is -2.04. The van der Waals surface area contributed by atoms with Crippen LogP contribution in [0.1, 0.15) is 12.8 Å². The second-order valence-corrected chi connectivity index (χ2v) is 7.29. The number of rotatable bonds is 10. The largest absolute Gasteiger partial charge is 0.368 e. The summed E-state index contributed by atoms with van der Waals surface area (Å²) in [6.07, 6.45) is 6.74. The summed E-state index contributed by atoms with van der Waals surface area (Å²) in [6, 6.07) is 0. The zero-order chi connectivity index (χ0) is 21.9. The number of fused-ring (bicyclic) bond motifs is 2. The highest BCUT2D eigenvalue weighted by atomic mass is 79.9. The molecule has 31 heavy (non-hydrogen) atoms. The van der Waals surface area contributed by atoms with Crippen molar-refractivity contribution in [3.8, 4) is 0 Å². The molecule has 0 aliphatic heterocycles. The van der Waals surface area contributed by atoms with Gasteiger partial charge in [0, 0.05) is 13.1 Å². The fraction of sp³-hybridized carbons (Fsp3) is 0.444. The van der Waals surface area contributed by atoms with Crippen LogP contribution in [-0.4, -0.2) is 80.1 Å². The van der Waals surface area contributed by atoms with Crippen LogP contribution < -0.4 is 21.3 Å². The standard InChI is InChI=1S/C9H13BrN6.C9H14N6/c1-11-3-2-4-12-7-6-8(14-5-13-7)16-9(10)15-6;1-10-3-2-4-11-8-7-9(13-5-12-7)15-6-14-8/h5,11H,2-4H2,1H3,(H2,12,13,14,15,16);5-6,10H,2-4H2,1H3,(H2,11,12,13,14,15). The zero-order valence-electron chi connectivity index (χ0n) is 17.5. The third-order valence-electron chi connectivity index (χ3n) is 4.27. The van der Waals surface area contributed by atoms with Crippen LogP contribution in [0.25, 0.3) is 22.3 Å². The highest BCUT2D eigenvalue weighted by molar-refractivity contribution is 9.10. The summed E-state index contributed by atoms with van der Waals surface area (Å²) in [5.41, 5.74) is 3.06. The molecule has 0 radical (unpaired) electrons. The molecule has 0 saturated carbocycles. The number of nitrogens with zero attached hydrogens (tertiary/aromatic N) is 6. The topological polar surface area (TPSA) is 157 Å². The molecule has 0 aromatic carbocycles. The molecular formula is C18H27BrN12. The number of aromatic nitrogens is 8. The number of hydrogen-bond donors (Lipinski definition) is 6. The molecule has 0 atom stereocenters. The SMILES string of the molecule is CNCCCNc1ncnc2nc(Br)[nH]c12.CNCCCNc1ncnc2nc[nH]c12. The van der Waals surface area contributed by atoms with E-state index in [4.69, 9.17) is 0 Å². The van der Waals surface area contributed by atoms with Crippen molar-refractivity contribution in [2.45, 2.75) is 12.8 Å².